The third-order valence-corrected chi connectivity index (χ3v) is 0.980. The second-order valence-electron chi connectivity index (χ2n) is 2.97. The molecule has 0 saturated heterocycles. The molecule has 0 aromatic rings. The molecule has 0 spiro atoms. The number of carbonyl (C=O) groups excluding carboxylic acids is 1. The highest BCUT2D eigenvalue weighted by atomic mass is 32.3. The van der Waals surface area contributed by atoms with Crippen molar-refractivity contribution < 1.29 is 32.2 Å². The molecule has 0 heterocycles. The number of carbonyl (C=O) groups is 2. The smallest absolute Gasteiger partial charge is 0.394 e. The monoisotopic (exact) mass is 283 g/mol. The molecule has 0 bridgehead atoms. The molecule has 3 N–H and O–H groups in total. The number of hydrogen-bond donors (Lipinski definition) is 3. The van der Waals surface area contributed by atoms with Gasteiger partial charge in [0.15, 0.2) is 0 Å². The van der Waals surface area contributed by atoms with Crippen molar-refractivity contribution in [1.82, 2.24) is 4.90 Å². The van der Waals surface area contributed by atoms with Crippen LogP contribution in [0.2, 0.25) is 0 Å². The van der Waals surface area contributed by atoms with Gasteiger partial charge in [0, 0.05) is 19.7 Å². The minimum atomic E-state index is -4.67. The highest BCUT2D eigenvalue weighted by Gasteiger charge is 1.91. The summed E-state index contributed by atoms with van der Waals surface area (Å²) >= 11 is 0. The van der Waals surface area contributed by atoms with Crippen molar-refractivity contribution in [3.05, 3.63) is 24.8 Å². The Labute approximate surface area is 106 Å². The lowest BCUT2D eigenvalue weighted by Gasteiger charge is -2.03. The zero-order valence-corrected chi connectivity index (χ0v) is 11.1. The van der Waals surface area contributed by atoms with Crippen molar-refractivity contribution in [3.8, 4) is 0 Å². The van der Waals surface area contributed by atoms with Gasteiger partial charge < -0.3 is 10.0 Å². The quantitative estimate of drug-likeness (QED) is 0.489. The number of nitrogens with zero attached hydrogens (tertiary/aromatic N) is 1. The molecule has 1 amide bonds. The number of carboxylic acid groups (broad SMARTS) is 1. The van der Waals surface area contributed by atoms with Gasteiger partial charge in [-0.2, -0.15) is 8.42 Å². The molecule has 0 aliphatic rings. The summed E-state index contributed by atoms with van der Waals surface area (Å²) in [7, 11) is -1.30. The predicted molar refractivity (Wildman–Crippen MR) is 65.5 cm³/mol. The number of aliphatic carboxylic acids is 1. The summed E-state index contributed by atoms with van der Waals surface area (Å²) in [6.07, 6.45) is 1.28. The van der Waals surface area contributed by atoms with Crippen molar-refractivity contribution in [3.63, 3.8) is 0 Å². The maximum absolute atomic E-state index is 10.3. The van der Waals surface area contributed by atoms with Crippen molar-refractivity contribution in [2.24, 2.45) is 0 Å². The van der Waals surface area contributed by atoms with Crippen LogP contribution in [-0.2, 0) is 20.0 Å². The Morgan fingerprint density at radius 2 is 1.44 bits per heavy atom. The maximum atomic E-state index is 10.3. The third-order valence-electron chi connectivity index (χ3n) is 0.980. The lowest BCUT2D eigenvalue weighted by atomic mass is 10.4. The summed E-state index contributed by atoms with van der Waals surface area (Å²) in [5.41, 5.74) is 0.176. The van der Waals surface area contributed by atoms with E-state index in [1.165, 1.54) is 17.9 Å². The molecule has 106 valence electrons. The molecular formula is C9H17NO7S. The Morgan fingerprint density at radius 1 is 1.22 bits per heavy atom. The zero-order chi connectivity index (χ0) is 15.5. The van der Waals surface area contributed by atoms with E-state index in [9.17, 15) is 9.59 Å². The van der Waals surface area contributed by atoms with Crippen LogP contribution >= 0.6 is 0 Å². The number of likely N-dealkylation sites (N-methyl/N-ethyl adjacent to an activating group) is 1. The Morgan fingerprint density at radius 3 is 1.44 bits per heavy atom. The van der Waals surface area contributed by atoms with E-state index in [1.807, 2.05) is 0 Å². The molecule has 18 heavy (non-hydrogen) atoms. The summed E-state index contributed by atoms with van der Waals surface area (Å²) in [6.45, 7) is 7.89. The molecule has 0 aromatic heterocycles. The number of rotatable bonds is 2. The van der Waals surface area contributed by atoms with Gasteiger partial charge in [0.1, 0.15) is 0 Å². The summed E-state index contributed by atoms with van der Waals surface area (Å²) in [5.74, 6) is -0.991. The highest BCUT2D eigenvalue weighted by Crippen LogP contribution is 1.81. The van der Waals surface area contributed by atoms with Crippen LogP contribution in [0.25, 0.3) is 0 Å². The SMILES string of the molecule is C=C(C)C(=O)O.C=CC(=O)N(C)C.O=S(=O)(O)O. The van der Waals surface area contributed by atoms with Crippen molar-refractivity contribution in [2.45, 2.75) is 6.92 Å². The van der Waals surface area contributed by atoms with E-state index in [0.717, 1.165) is 0 Å². The number of carboxylic acids is 1. The predicted octanol–water partition coefficient (Wildman–Crippen LogP) is 0.255. The summed E-state index contributed by atoms with van der Waals surface area (Å²) in [6, 6.07) is 0. The Kier molecular flexibility index (Phi) is 12.5. The lowest BCUT2D eigenvalue weighted by Crippen LogP contribution is -2.18. The highest BCUT2D eigenvalue weighted by molar-refractivity contribution is 7.79. The van der Waals surface area contributed by atoms with Crippen molar-refractivity contribution >= 4 is 22.3 Å². The minimum Gasteiger partial charge on any atom is -0.478 e. The molecule has 0 aliphatic carbocycles. The van der Waals surface area contributed by atoms with E-state index >= 15 is 0 Å². The molecule has 0 fully saturated rings. The van der Waals surface area contributed by atoms with Crippen LogP contribution < -0.4 is 0 Å². The molecule has 0 atom stereocenters. The van der Waals surface area contributed by atoms with E-state index in [1.54, 1.807) is 14.1 Å². The standard InChI is InChI=1S/C5H9NO.C4H6O2.H2O4S/c1-4-5(7)6(2)3;1-3(2)4(5)6;1-5(2,3)4/h4H,1H2,2-3H3;1H2,2H3,(H,5,6);(H2,1,2,3,4). The average molecular weight is 283 g/mol. The van der Waals surface area contributed by atoms with E-state index in [0.29, 0.717) is 0 Å². The van der Waals surface area contributed by atoms with Crippen LogP contribution in [0.5, 0.6) is 0 Å². The first kappa shape index (κ1) is 21.6. The average Bonchev–Trinajstić information content (AvgIpc) is 2.14. The second-order valence-corrected chi connectivity index (χ2v) is 3.87. The Hall–Kier alpha value is -1.71. The largest absolute Gasteiger partial charge is 0.478 e. The Bertz CT molecular complexity index is 377. The van der Waals surface area contributed by atoms with Gasteiger partial charge in [0.2, 0.25) is 5.91 Å². The van der Waals surface area contributed by atoms with E-state index in [2.05, 4.69) is 13.2 Å². The maximum Gasteiger partial charge on any atom is 0.394 e. The number of amides is 1. The van der Waals surface area contributed by atoms with Gasteiger partial charge in [-0.1, -0.05) is 13.2 Å². The zero-order valence-electron chi connectivity index (χ0n) is 10.3. The normalized spacial score (nSPS) is 8.72. The molecule has 8 nitrogen and oxygen atoms in total. The van der Waals surface area contributed by atoms with Gasteiger partial charge in [-0.3, -0.25) is 13.9 Å². The fraction of sp³-hybridized carbons (Fsp3) is 0.333. The van der Waals surface area contributed by atoms with Crippen LogP contribution in [0.1, 0.15) is 6.92 Å². The first-order valence-electron chi connectivity index (χ1n) is 4.25. The van der Waals surface area contributed by atoms with E-state index in [-0.39, 0.29) is 11.5 Å². The molecule has 9 heteroatoms. The fourth-order valence-corrected chi connectivity index (χ4v) is 0.183. The fourth-order valence-electron chi connectivity index (χ4n) is 0.183. The van der Waals surface area contributed by atoms with Gasteiger partial charge in [-0.15, -0.1) is 0 Å². The van der Waals surface area contributed by atoms with Crippen molar-refractivity contribution in [1.29, 1.82) is 0 Å². The van der Waals surface area contributed by atoms with Crippen LogP contribution in [-0.4, -0.2) is 53.5 Å². The lowest BCUT2D eigenvalue weighted by molar-refractivity contribution is -0.132. The second kappa shape index (κ2) is 10.4. The van der Waals surface area contributed by atoms with Crippen molar-refractivity contribution in [2.75, 3.05) is 14.1 Å². The molecule has 0 unspecified atom stereocenters. The van der Waals surface area contributed by atoms with Crippen LogP contribution in [0.15, 0.2) is 24.8 Å². The molecule has 0 rings (SSSR count). The topological polar surface area (TPSA) is 132 Å². The molecule has 0 radical (unpaired) electrons. The summed E-state index contributed by atoms with van der Waals surface area (Å²) in [5, 5.41) is 7.89. The van der Waals surface area contributed by atoms with Crippen LogP contribution in [0.4, 0.5) is 0 Å². The van der Waals surface area contributed by atoms with Crippen LogP contribution in [0, 0.1) is 0 Å². The molecular weight excluding hydrogens is 266 g/mol. The van der Waals surface area contributed by atoms with E-state index < -0.39 is 16.4 Å². The molecule has 0 aliphatic heterocycles. The summed E-state index contributed by atoms with van der Waals surface area (Å²) < 4.78 is 31.6. The summed E-state index contributed by atoms with van der Waals surface area (Å²) in [4.78, 5) is 21.4. The first-order valence-corrected chi connectivity index (χ1v) is 5.65. The molecule has 0 aromatic carbocycles. The van der Waals surface area contributed by atoms with Gasteiger partial charge in [0.25, 0.3) is 0 Å². The number of hydrogen-bond acceptors (Lipinski definition) is 4. The third kappa shape index (κ3) is 36.7. The minimum absolute atomic E-state index is 0.0556. The van der Waals surface area contributed by atoms with Crippen LogP contribution in [0.3, 0.4) is 0 Å². The van der Waals surface area contributed by atoms with Gasteiger partial charge >= 0.3 is 16.4 Å². The van der Waals surface area contributed by atoms with Gasteiger partial charge in [-0.25, -0.2) is 4.79 Å². The molecule has 0 saturated carbocycles. The first-order chi connectivity index (χ1) is 7.82. The van der Waals surface area contributed by atoms with Gasteiger partial charge in [-0.05, 0) is 13.0 Å². The van der Waals surface area contributed by atoms with Gasteiger partial charge in [0.05, 0.1) is 0 Å². The Balaban J connectivity index is -0.000000190. The van der Waals surface area contributed by atoms with E-state index in [4.69, 9.17) is 22.6 Å².